The van der Waals surface area contributed by atoms with Gasteiger partial charge < -0.3 is 4.74 Å². The molecule has 0 saturated heterocycles. The van der Waals surface area contributed by atoms with Crippen LogP contribution in [0.3, 0.4) is 0 Å². The van der Waals surface area contributed by atoms with Crippen LogP contribution in [-0.4, -0.2) is 24.6 Å². The number of hydrogen-bond acceptors (Lipinski definition) is 2. The Labute approximate surface area is 101 Å². The summed E-state index contributed by atoms with van der Waals surface area (Å²) in [5.74, 6) is 0.733. The van der Waals surface area contributed by atoms with Crippen molar-refractivity contribution in [1.29, 1.82) is 0 Å². The van der Waals surface area contributed by atoms with Crippen molar-refractivity contribution in [3.05, 3.63) is 28.8 Å². The maximum Gasteiger partial charge on any atom is 0.137 e. The summed E-state index contributed by atoms with van der Waals surface area (Å²) >= 11 is 11.7. The zero-order valence-electron chi connectivity index (χ0n) is 8.96. The van der Waals surface area contributed by atoms with Gasteiger partial charge >= 0.3 is 0 Å². The first kappa shape index (κ1) is 12.6. The van der Waals surface area contributed by atoms with E-state index in [2.05, 4.69) is 0 Å². The van der Waals surface area contributed by atoms with Gasteiger partial charge in [-0.3, -0.25) is 4.90 Å². The lowest BCUT2D eigenvalue weighted by molar-refractivity contribution is 0.339. The average molecular weight is 248 g/mol. The summed E-state index contributed by atoms with van der Waals surface area (Å²) in [7, 11) is 1.96. The summed E-state index contributed by atoms with van der Waals surface area (Å²) in [5, 5.41) is 0.650. The summed E-state index contributed by atoms with van der Waals surface area (Å²) in [6.07, 6.45) is 0. The van der Waals surface area contributed by atoms with Crippen LogP contribution < -0.4 is 4.74 Å². The molecule has 0 spiro atoms. The minimum absolute atomic E-state index is 0.505. The lowest BCUT2D eigenvalue weighted by Gasteiger charge is -2.13. The second-order valence-corrected chi connectivity index (χ2v) is 3.98. The molecule has 1 aromatic carbocycles. The van der Waals surface area contributed by atoms with E-state index in [1.807, 2.05) is 37.1 Å². The van der Waals surface area contributed by atoms with Crippen molar-refractivity contribution in [1.82, 2.24) is 4.90 Å². The Kier molecular flexibility index (Phi) is 5.23. The van der Waals surface area contributed by atoms with Gasteiger partial charge in [0.2, 0.25) is 0 Å². The molecule has 0 bridgehead atoms. The van der Waals surface area contributed by atoms with Crippen LogP contribution in [0.25, 0.3) is 0 Å². The quantitative estimate of drug-likeness (QED) is 0.585. The minimum Gasteiger partial charge on any atom is -0.492 e. The van der Waals surface area contributed by atoms with Crippen LogP contribution in [0.5, 0.6) is 5.75 Å². The highest BCUT2D eigenvalue weighted by atomic mass is 35.5. The van der Waals surface area contributed by atoms with Crippen molar-refractivity contribution in [3.8, 4) is 5.75 Å². The Morgan fingerprint density at radius 1 is 1.40 bits per heavy atom. The topological polar surface area (TPSA) is 12.5 Å². The Hall–Kier alpha value is -0.440. The maximum atomic E-state index is 6.06. The smallest absolute Gasteiger partial charge is 0.137 e. The first-order valence-electron chi connectivity index (χ1n) is 4.83. The van der Waals surface area contributed by atoms with E-state index < -0.39 is 0 Å². The molecule has 0 aliphatic rings. The second kappa shape index (κ2) is 6.21. The van der Waals surface area contributed by atoms with Crippen LogP contribution in [0.2, 0.25) is 5.02 Å². The third-order valence-corrected chi connectivity index (χ3v) is 2.66. The molecule has 0 atom stereocenters. The molecule has 84 valence electrons. The van der Waals surface area contributed by atoms with Crippen molar-refractivity contribution < 1.29 is 4.74 Å². The van der Waals surface area contributed by atoms with E-state index in [1.165, 1.54) is 0 Å². The van der Waals surface area contributed by atoms with E-state index >= 15 is 0 Å². The van der Waals surface area contributed by atoms with Crippen LogP contribution in [0, 0.1) is 0 Å². The van der Waals surface area contributed by atoms with Gasteiger partial charge in [-0.25, -0.2) is 0 Å². The molecule has 2 nitrogen and oxygen atoms in total. The monoisotopic (exact) mass is 247 g/mol. The molecule has 15 heavy (non-hydrogen) atoms. The fourth-order valence-electron chi connectivity index (χ4n) is 1.27. The highest BCUT2D eigenvalue weighted by Crippen LogP contribution is 2.25. The van der Waals surface area contributed by atoms with Gasteiger partial charge in [-0.15, -0.1) is 11.6 Å². The molecule has 0 radical (unpaired) electrons. The molecule has 1 aromatic rings. The molecule has 4 heteroatoms. The lowest BCUT2D eigenvalue weighted by atomic mass is 10.2. The highest BCUT2D eigenvalue weighted by Gasteiger charge is 2.04. The van der Waals surface area contributed by atoms with Gasteiger partial charge in [0.05, 0.1) is 17.6 Å². The predicted molar refractivity (Wildman–Crippen MR) is 64.8 cm³/mol. The molecule has 1 rings (SSSR count). The van der Waals surface area contributed by atoms with Gasteiger partial charge in [0.25, 0.3) is 0 Å². The molecule has 0 saturated carbocycles. The largest absolute Gasteiger partial charge is 0.492 e. The van der Waals surface area contributed by atoms with E-state index in [-0.39, 0.29) is 0 Å². The fraction of sp³-hybridized carbons (Fsp3) is 0.455. The van der Waals surface area contributed by atoms with Gasteiger partial charge in [-0.1, -0.05) is 17.7 Å². The van der Waals surface area contributed by atoms with Crippen LogP contribution in [0.1, 0.15) is 12.5 Å². The van der Waals surface area contributed by atoms with Gasteiger partial charge in [-0.2, -0.15) is 0 Å². The van der Waals surface area contributed by atoms with Gasteiger partial charge in [0.15, 0.2) is 0 Å². The van der Waals surface area contributed by atoms with Gasteiger partial charge in [0.1, 0.15) is 5.75 Å². The summed E-state index contributed by atoms with van der Waals surface area (Å²) < 4.78 is 5.35. The first-order chi connectivity index (χ1) is 7.17. The zero-order valence-corrected chi connectivity index (χ0v) is 10.5. The van der Waals surface area contributed by atoms with Crippen molar-refractivity contribution in [2.24, 2.45) is 0 Å². The summed E-state index contributed by atoms with van der Waals surface area (Å²) in [6.45, 7) is 3.35. The van der Waals surface area contributed by atoms with Gasteiger partial charge in [0, 0.05) is 6.54 Å². The number of ether oxygens (including phenoxy) is 1. The molecule has 0 fully saturated rings. The van der Waals surface area contributed by atoms with Crippen LogP contribution in [-0.2, 0) is 6.54 Å². The Balaban J connectivity index is 2.73. The standard InChI is InChI=1S/C11H15Cl2NO/c1-3-15-11-5-4-9(6-10(11)13)7-14(2)8-12/h4-6H,3,7-8H2,1-2H3. The molecule has 0 amide bonds. The molecule has 0 aliphatic heterocycles. The number of rotatable bonds is 5. The molecule has 0 N–H and O–H groups in total. The zero-order chi connectivity index (χ0) is 11.3. The number of halogens is 2. The SMILES string of the molecule is CCOc1ccc(CN(C)CCl)cc1Cl. The number of alkyl halides is 1. The molecular formula is C11H15Cl2NO. The molecule has 0 aliphatic carbocycles. The van der Waals surface area contributed by atoms with Crippen LogP contribution in [0.4, 0.5) is 0 Å². The Morgan fingerprint density at radius 2 is 2.13 bits per heavy atom. The van der Waals surface area contributed by atoms with E-state index in [4.69, 9.17) is 27.9 Å². The Morgan fingerprint density at radius 3 is 2.67 bits per heavy atom. The van der Waals surface area contributed by atoms with E-state index in [9.17, 15) is 0 Å². The number of nitrogens with zero attached hydrogens (tertiary/aromatic N) is 1. The maximum absolute atomic E-state index is 6.06. The predicted octanol–water partition coefficient (Wildman–Crippen LogP) is 3.37. The first-order valence-corrected chi connectivity index (χ1v) is 5.74. The Bertz CT molecular complexity index is 317. The number of hydrogen-bond donors (Lipinski definition) is 0. The summed E-state index contributed by atoms with van der Waals surface area (Å²) in [4.78, 5) is 1.99. The second-order valence-electron chi connectivity index (χ2n) is 3.33. The third kappa shape index (κ3) is 3.90. The third-order valence-electron chi connectivity index (χ3n) is 1.95. The van der Waals surface area contributed by atoms with Crippen LogP contribution >= 0.6 is 23.2 Å². The normalized spacial score (nSPS) is 10.7. The van der Waals surface area contributed by atoms with Crippen molar-refractivity contribution in [3.63, 3.8) is 0 Å². The lowest BCUT2D eigenvalue weighted by Crippen LogP contribution is -2.15. The fourth-order valence-corrected chi connectivity index (χ4v) is 1.61. The summed E-state index contributed by atoms with van der Waals surface area (Å²) in [5.41, 5.74) is 1.13. The van der Waals surface area contributed by atoms with E-state index in [0.29, 0.717) is 17.6 Å². The van der Waals surface area contributed by atoms with Crippen molar-refractivity contribution in [2.75, 3.05) is 19.7 Å². The van der Waals surface area contributed by atoms with Gasteiger partial charge in [-0.05, 0) is 31.7 Å². The van der Waals surface area contributed by atoms with E-state index in [1.54, 1.807) is 0 Å². The van der Waals surface area contributed by atoms with Crippen molar-refractivity contribution >= 4 is 23.2 Å². The van der Waals surface area contributed by atoms with E-state index in [0.717, 1.165) is 17.9 Å². The molecule has 0 unspecified atom stereocenters. The summed E-state index contributed by atoms with van der Waals surface area (Å²) in [6, 6.07) is 6.31. The highest BCUT2D eigenvalue weighted by molar-refractivity contribution is 6.32. The molecular weight excluding hydrogens is 233 g/mol. The molecule has 0 heterocycles. The minimum atomic E-state index is 0.505. The van der Waals surface area contributed by atoms with Crippen LogP contribution in [0.15, 0.2) is 18.2 Å². The van der Waals surface area contributed by atoms with Crippen molar-refractivity contribution in [2.45, 2.75) is 13.5 Å². The average Bonchev–Trinajstić information content (AvgIpc) is 2.22. The molecule has 0 aromatic heterocycles. The number of benzene rings is 1.